The fourth-order valence-corrected chi connectivity index (χ4v) is 8.05. The van der Waals surface area contributed by atoms with Gasteiger partial charge in [-0.05, 0) is 40.8 Å². The first-order valence-corrected chi connectivity index (χ1v) is 15.3. The third-order valence-electron chi connectivity index (χ3n) is 6.79. The highest BCUT2D eigenvalue weighted by atomic mass is 32.2. The zero-order valence-corrected chi connectivity index (χ0v) is 23.7. The Balaban J connectivity index is 1.48. The molecular formula is C26H26N4O6S3. The van der Waals surface area contributed by atoms with E-state index in [4.69, 9.17) is 5.14 Å². The van der Waals surface area contributed by atoms with Gasteiger partial charge in [-0.2, -0.15) is 0 Å². The first-order valence-electron chi connectivity index (χ1n) is 12.0. The van der Waals surface area contributed by atoms with Crippen molar-refractivity contribution in [3.63, 3.8) is 0 Å². The monoisotopic (exact) mass is 586 g/mol. The van der Waals surface area contributed by atoms with Gasteiger partial charge in [-0.15, -0.1) is 0 Å². The zero-order valence-electron chi connectivity index (χ0n) is 21.3. The molecular weight excluding hydrogens is 561 g/mol. The van der Waals surface area contributed by atoms with Gasteiger partial charge in [-0.25, -0.2) is 13.6 Å². The standard InChI is InChI=1S/C26H26N4O6S3/c1-26(2,3)14-6-4-13(5-7-14)18-19-20(23(33)29-22(19)32)37-24-21(18)38-25(34)30(24)12-17(31)28-15-8-10-16(11-9-15)39(27,35)36/h4-11,18-20H,12H2,1-3H3,(H,28,31)(H2,27,35,36)(H,29,32,33)/t18-,19?,20?/m0/s1. The Morgan fingerprint density at radius 1 is 1.03 bits per heavy atom. The highest BCUT2D eigenvalue weighted by Gasteiger charge is 2.52. The number of anilines is 1. The molecule has 10 nitrogen and oxygen atoms in total. The number of hydrogen-bond donors (Lipinski definition) is 3. The molecule has 2 aliphatic rings. The number of aromatic nitrogens is 1. The van der Waals surface area contributed by atoms with Crippen molar-refractivity contribution in [3.05, 3.63) is 74.2 Å². The smallest absolute Gasteiger partial charge is 0.308 e. The Morgan fingerprint density at radius 3 is 2.26 bits per heavy atom. The van der Waals surface area contributed by atoms with E-state index < -0.39 is 38.9 Å². The van der Waals surface area contributed by atoms with Crippen LogP contribution in [0.2, 0.25) is 0 Å². The SMILES string of the molecule is CC(C)(C)c1ccc([C@@H]2c3sc(=O)n(CC(=O)Nc4ccc(S(N)(=O)=O)cc4)c3SC3C(=O)NC(=O)C32)cc1. The van der Waals surface area contributed by atoms with Crippen molar-refractivity contribution in [2.45, 2.75) is 53.8 Å². The first-order chi connectivity index (χ1) is 18.2. The van der Waals surface area contributed by atoms with Crippen LogP contribution in [0.25, 0.3) is 0 Å². The topological polar surface area (TPSA) is 157 Å². The number of carbonyl (C=O) groups excluding carboxylic acids is 3. The van der Waals surface area contributed by atoms with Gasteiger partial charge in [-0.1, -0.05) is 68.1 Å². The van der Waals surface area contributed by atoms with Crippen molar-refractivity contribution >= 4 is 56.5 Å². The number of hydrogen-bond acceptors (Lipinski definition) is 8. The molecule has 0 aliphatic carbocycles. The van der Waals surface area contributed by atoms with Crippen LogP contribution >= 0.6 is 23.1 Å². The van der Waals surface area contributed by atoms with Gasteiger partial charge in [-0.3, -0.25) is 29.1 Å². The third kappa shape index (κ3) is 5.19. The second-order valence-electron chi connectivity index (χ2n) is 10.5. The lowest BCUT2D eigenvalue weighted by Crippen LogP contribution is -2.32. The number of thioether (sulfide) groups is 1. The molecule has 39 heavy (non-hydrogen) atoms. The molecule has 4 N–H and O–H groups in total. The minimum absolute atomic E-state index is 0.0737. The molecule has 2 unspecified atom stereocenters. The van der Waals surface area contributed by atoms with E-state index in [0.717, 1.165) is 34.2 Å². The summed E-state index contributed by atoms with van der Waals surface area (Å²) < 4.78 is 24.3. The first kappa shape index (κ1) is 27.3. The van der Waals surface area contributed by atoms with Gasteiger partial charge in [0.15, 0.2) is 0 Å². The number of primary sulfonamides is 1. The highest BCUT2D eigenvalue weighted by Crippen LogP contribution is 2.51. The molecule has 1 fully saturated rings. The number of sulfonamides is 1. The molecule has 2 aromatic carbocycles. The molecule has 0 spiro atoms. The summed E-state index contributed by atoms with van der Waals surface area (Å²) >= 11 is 2.09. The predicted molar refractivity (Wildman–Crippen MR) is 148 cm³/mol. The number of imide groups is 1. The average Bonchev–Trinajstić information content (AvgIpc) is 3.31. The van der Waals surface area contributed by atoms with E-state index in [-0.39, 0.29) is 27.6 Å². The molecule has 0 bridgehead atoms. The Morgan fingerprint density at radius 2 is 1.67 bits per heavy atom. The molecule has 5 rings (SSSR count). The second-order valence-corrected chi connectivity index (χ2v) is 14.2. The third-order valence-corrected chi connectivity index (χ3v) is 10.3. The van der Waals surface area contributed by atoms with Gasteiger partial charge in [0.05, 0.1) is 15.8 Å². The fourth-order valence-electron chi connectivity index (χ4n) is 4.80. The van der Waals surface area contributed by atoms with Crippen molar-refractivity contribution in [2.24, 2.45) is 11.1 Å². The average molecular weight is 587 g/mol. The van der Waals surface area contributed by atoms with Crippen molar-refractivity contribution in [3.8, 4) is 0 Å². The number of amides is 3. The Kier molecular flexibility index (Phi) is 6.82. The summed E-state index contributed by atoms with van der Waals surface area (Å²) in [6.45, 7) is 5.98. The maximum absolute atomic E-state index is 13.1. The maximum Gasteiger partial charge on any atom is 0.308 e. The lowest BCUT2D eigenvalue weighted by atomic mass is 9.81. The predicted octanol–water partition coefficient (Wildman–Crippen LogP) is 2.37. The Labute approximate surface area is 233 Å². The van der Waals surface area contributed by atoms with Crippen LogP contribution in [0.4, 0.5) is 5.69 Å². The van der Waals surface area contributed by atoms with E-state index in [1.54, 1.807) is 0 Å². The molecule has 13 heteroatoms. The maximum atomic E-state index is 13.1. The highest BCUT2D eigenvalue weighted by molar-refractivity contribution is 8.00. The van der Waals surface area contributed by atoms with Gasteiger partial charge < -0.3 is 5.32 Å². The lowest BCUT2D eigenvalue weighted by molar-refractivity contribution is -0.126. The van der Waals surface area contributed by atoms with Crippen LogP contribution in [-0.4, -0.2) is 36.0 Å². The number of nitrogens with two attached hydrogens (primary N) is 1. The molecule has 3 amide bonds. The molecule has 3 atom stereocenters. The number of thiazole rings is 1. The van der Waals surface area contributed by atoms with E-state index in [9.17, 15) is 27.6 Å². The van der Waals surface area contributed by atoms with Gasteiger partial charge in [0.25, 0.3) is 0 Å². The van der Waals surface area contributed by atoms with E-state index >= 15 is 0 Å². The summed E-state index contributed by atoms with van der Waals surface area (Å²) in [6.07, 6.45) is 0. The minimum atomic E-state index is -3.87. The summed E-state index contributed by atoms with van der Waals surface area (Å²) in [4.78, 5) is 51.7. The number of carbonyl (C=O) groups is 3. The van der Waals surface area contributed by atoms with Crippen LogP contribution in [0, 0.1) is 5.92 Å². The summed E-state index contributed by atoms with van der Waals surface area (Å²) in [6, 6.07) is 13.2. The van der Waals surface area contributed by atoms with E-state index in [0.29, 0.717) is 15.6 Å². The molecule has 3 heterocycles. The Bertz CT molecular complexity index is 1650. The van der Waals surface area contributed by atoms with Crippen molar-refractivity contribution < 1.29 is 22.8 Å². The number of rotatable bonds is 5. The minimum Gasteiger partial charge on any atom is -0.325 e. The van der Waals surface area contributed by atoms with Crippen molar-refractivity contribution in [1.82, 2.24) is 9.88 Å². The normalized spacial score (nSPS) is 20.8. The summed E-state index contributed by atoms with van der Waals surface area (Å²) in [5.41, 5.74) is 2.18. The van der Waals surface area contributed by atoms with Crippen LogP contribution in [0.3, 0.4) is 0 Å². The van der Waals surface area contributed by atoms with Crippen LogP contribution in [0.15, 0.2) is 63.2 Å². The molecule has 0 radical (unpaired) electrons. The van der Waals surface area contributed by atoms with Crippen LogP contribution in [0.1, 0.15) is 42.7 Å². The van der Waals surface area contributed by atoms with Crippen LogP contribution < -0.4 is 20.6 Å². The van der Waals surface area contributed by atoms with Gasteiger partial charge >= 0.3 is 4.87 Å². The molecule has 204 valence electrons. The number of nitrogens with zero attached hydrogens (tertiary/aromatic N) is 1. The summed E-state index contributed by atoms with van der Waals surface area (Å²) in [5.74, 6) is -2.49. The molecule has 1 saturated heterocycles. The zero-order chi connectivity index (χ0) is 28.3. The number of nitrogens with one attached hydrogen (secondary N) is 2. The summed E-state index contributed by atoms with van der Waals surface area (Å²) in [5, 5.41) is 9.94. The molecule has 3 aromatic rings. The van der Waals surface area contributed by atoms with Crippen molar-refractivity contribution in [1.29, 1.82) is 0 Å². The second kappa shape index (κ2) is 9.73. The van der Waals surface area contributed by atoms with Gasteiger partial charge in [0, 0.05) is 16.5 Å². The number of fused-ring (bicyclic) bond motifs is 2. The fraction of sp³-hybridized carbons (Fsp3) is 0.308. The summed E-state index contributed by atoms with van der Waals surface area (Å²) in [7, 11) is -3.87. The lowest BCUT2D eigenvalue weighted by Gasteiger charge is -2.31. The van der Waals surface area contributed by atoms with E-state index in [1.807, 2.05) is 24.3 Å². The van der Waals surface area contributed by atoms with E-state index in [2.05, 4.69) is 31.4 Å². The van der Waals surface area contributed by atoms with Crippen LogP contribution in [0.5, 0.6) is 0 Å². The largest absolute Gasteiger partial charge is 0.325 e. The molecule has 2 aliphatic heterocycles. The quantitative estimate of drug-likeness (QED) is 0.387. The van der Waals surface area contributed by atoms with Crippen LogP contribution in [-0.2, 0) is 36.4 Å². The van der Waals surface area contributed by atoms with Gasteiger partial charge in [0.2, 0.25) is 27.7 Å². The van der Waals surface area contributed by atoms with Crippen molar-refractivity contribution in [2.75, 3.05) is 5.32 Å². The van der Waals surface area contributed by atoms with Gasteiger partial charge in [0.1, 0.15) is 11.8 Å². The van der Waals surface area contributed by atoms with E-state index in [1.165, 1.54) is 28.8 Å². The molecule has 1 aromatic heterocycles. The molecule has 0 saturated carbocycles. The Hall–Kier alpha value is -3.26. The number of benzene rings is 2.